The van der Waals surface area contributed by atoms with Crippen LogP contribution < -0.4 is 0 Å². The number of nitrogens with zero attached hydrogens (tertiary/aromatic N) is 2. The monoisotopic (exact) mass is 864 g/mol. The van der Waals surface area contributed by atoms with E-state index in [0.717, 1.165) is 0 Å². The van der Waals surface area contributed by atoms with Crippen LogP contribution in [0.1, 0.15) is 22.3 Å². The third-order valence-corrected chi connectivity index (χ3v) is 15.3. The molecule has 2 nitrogen and oxygen atoms in total. The Labute approximate surface area is 393 Å². The highest BCUT2D eigenvalue weighted by Gasteiger charge is 2.27. The van der Waals surface area contributed by atoms with E-state index in [2.05, 4.69) is 231 Å². The van der Waals surface area contributed by atoms with Crippen LogP contribution >= 0.6 is 0 Å². The molecule has 0 aliphatic heterocycles. The van der Waals surface area contributed by atoms with Crippen molar-refractivity contribution >= 4 is 97.7 Å². The minimum absolute atomic E-state index is 1.21. The van der Waals surface area contributed by atoms with Gasteiger partial charge in [0.15, 0.2) is 0 Å². The van der Waals surface area contributed by atoms with Crippen LogP contribution in [0.2, 0.25) is 0 Å². The molecule has 0 aliphatic carbocycles. The molecule has 0 saturated heterocycles. The second kappa shape index (κ2) is 13.6. The SMILES string of the molecule is Cc1ccc2c(c1)c1cc(C)cc3c4cc5c(-c6ccccc6-c6ccccc6)c6cc7c(cc6c(-c6ccccc6-c6ccccc6)c5cc4n2c13)c1cc(C)cc2c3cc(C)ccc3n7c21. The van der Waals surface area contributed by atoms with Crippen LogP contribution in [0.5, 0.6) is 0 Å². The Balaban J connectivity index is 1.23. The molecule has 15 rings (SSSR count). The summed E-state index contributed by atoms with van der Waals surface area (Å²) >= 11 is 0. The zero-order chi connectivity index (χ0) is 45.1. The molecule has 318 valence electrons. The van der Waals surface area contributed by atoms with Crippen molar-refractivity contribution in [2.45, 2.75) is 27.7 Å². The lowest BCUT2D eigenvalue weighted by Gasteiger charge is -2.22. The van der Waals surface area contributed by atoms with E-state index in [1.54, 1.807) is 0 Å². The van der Waals surface area contributed by atoms with Gasteiger partial charge < -0.3 is 8.80 Å². The highest BCUT2D eigenvalue weighted by Crippen LogP contribution is 2.53. The molecule has 4 heterocycles. The molecule has 0 atom stereocenters. The summed E-state index contributed by atoms with van der Waals surface area (Å²) < 4.78 is 5.13. The van der Waals surface area contributed by atoms with Gasteiger partial charge in [-0.1, -0.05) is 132 Å². The van der Waals surface area contributed by atoms with E-state index in [-0.39, 0.29) is 0 Å². The predicted octanol–water partition coefficient (Wildman–Crippen LogP) is 18.2. The summed E-state index contributed by atoms with van der Waals surface area (Å²) in [6, 6.07) is 74.0. The van der Waals surface area contributed by atoms with Gasteiger partial charge in [0.1, 0.15) is 0 Å². The van der Waals surface area contributed by atoms with Gasteiger partial charge in [0, 0.05) is 43.1 Å². The van der Waals surface area contributed by atoms with Gasteiger partial charge in [0.2, 0.25) is 0 Å². The van der Waals surface area contributed by atoms with Crippen LogP contribution in [0.25, 0.3) is 142 Å². The molecule has 0 saturated carbocycles. The molecule has 0 bridgehead atoms. The van der Waals surface area contributed by atoms with Gasteiger partial charge in [-0.15, -0.1) is 0 Å². The van der Waals surface area contributed by atoms with Crippen molar-refractivity contribution < 1.29 is 0 Å². The van der Waals surface area contributed by atoms with Crippen LogP contribution in [-0.4, -0.2) is 8.80 Å². The maximum Gasteiger partial charge on any atom is 0.0620 e. The van der Waals surface area contributed by atoms with Gasteiger partial charge in [-0.3, -0.25) is 0 Å². The summed E-state index contributed by atoms with van der Waals surface area (Å²) in [6.45, 7) is 8.93. The first-order valence-electron chi connectivity index (χ1n) is 23.9. The number of fused-ring (bicyclic) bond motifs is 14. The van der Waals surface area contributed by atoms with E-state index >= 15 is 0 Å². The van der Waals surface area contributed by atoms with Crippen LogP contribution in [0.4, 0.5) is 0 Å². The number of aryl methyl sites for hydroxylation is 4. The lowest BCUT2D eigenvalue weighted by Crippen LogP contribution is -1.95. The molecule has 0 fully saturated rings. The van der Waals surface area contributed by atoms with Crippen molar-refractivity contribution in [1.82, 2.24) is 8.80 Å². The molecule has 0 unspecified atom stereocenters. The molecule has 2 heteroatoms. The molecular weight excluding hydrogens is 821 g/mol. The van der Waals surface area contributed by atoms with Gasteiger partial charge in [-0.05, 0) is 178 Å². The summed E-state index contributed by atoms with van der Waals surface area (Å²) in [6.07, 6.45) is 0. The highest BCUT2D eigenvalue weighted by atomic mass is 14.9. The van der Waals surface area contributed by atoms with Gasteiger partial charge in [-0.2, -0.15) is 0 Å². The topological polar surface area (TPSA) is 8.82 Å². The number of hydrogen-bond acceptors (Lipinski definition) is 0. The smallest absolute Gasteiger partial charge is 0.0620 e. The lowest BCUT2D eigenvalue weighted by atomic mass is 9.81. The summed E-state index contributed by atoms with van der Waals surface area (Å²) in [5.74, 6) is 0. The average molecular weight is 865 g/mol. The van der Waals surface area contributed by atoms with Gasteiger partial charge in [0.25, 0.3) is 0 Å². The van der Waals surface area contributed by atoms with Crippen LogP contribution in [-0.2, 0) is 0 Å². The molecule has 0 amide bonds. The Morgan fingerprint density at radius 1 is 0.235 bits per heavy atom. The average Bonchev–Trinajstić information content (AvgIpc) is 4.07. The fourth-order valence-electron chi connectivity index (χ4n) is 12.5. The molecule has 0 radical (unpaired) electrons. The Morgan fingerprint density at radius 3 is 0.956 bits per heavy atom. The quantitative estimate of drug-likeness (QED) is 0.156. The summed E-state index contributed by atoms with van der Waals surface area (Å²) in [5, 5.41) is 15.4. The van der Waals surface area contributed by atoms with Crippen molar-refractivity contribution in [3.8, 4) is 44.5 Å². The van der Waals surface area contributed by atoms with Crippen molar-refractivity contribution in [2.75, 3.05) is 0 Å². The fourth-order valence-corrected chi connectivity index (χ4v) is 12.5. The second-order valence-electron chi connectivity index (χ2n) is 19.5. The molecule has 11 aromatic carbocycles. The maximum absolute atomic E-state index is 2.56. The molecule has 0 spiro atoms. The number of aromatic nitrogens is 2. The number of rotatable bonds is 4. The first kappa shape index (κ1) is 37.7. The molecule has 0 N–H and O–H groups in total. The van der Waals surface area contributed by atoms with Crippen molar-refractivity contribution in [3.63, 3.8) is 0 Å². The van der Waals surface area contributed by atoms with Crippen molar-refractivity contribution in [3.05, 3.63) is 216 Å². The first-order valence-corrected chi connectivity index (χ1v) is 23.9. The lowest BCUT2D eigenvalue weighted by molar-refractivity contribution is 1.36. The first-order chi connectivity index (χ1) is 33.4. The number of benzene rings is 11. The third kappa shape index (κ3) is 5.01. The molecule has 4 aromatic heterocycles. The minimum Gasteiger partial charge on any atom is -0.308 e. The Hall–Kier alpha value is -8.46. The van der Waals surface area contributed by atoms with Crippen LogP contribution in [0.3, 0.4) is 0 Å². The Kier molecular flexibility index (Phi) is 7.53. The zero-order valence-electron chi connectivity index (χ0n) is 38.4. The van der Waals surface area contributed by atoms with Crippen molar-refractivity contribution in [2.24, 2.45) is 0 Å². The number of hydrogen-bond donors (Lipinski definition) is 0. The van der Waals surface area contributed by atoms with E-state index in [1.807, 2.05) is 0 Å². The van der Waals surface area contributed by atoms with E-state index in [1.165, 1.54) is 164 Å². The second-order valence-corrected chi connectivity index (χ2v) is 19.5. The molecule has 0 aliphatic rings. The van der Waals surface area contributed by atoms with E-state index < -0.39 is 0 Å². The van der Waals surface area contributed by atoms with Crippen molar-refractivity contribution in [1.29, 1.82) is 0 Å². The third-order valence-electron chi connectivity index (χ3n) is 15.3. The predicted molar refractivity (Wildman–Crippen MR) is 291 cm³/mol. The van der Waals surface area contributed by atoms with E-state index in [4.69, 9.17) is 0 Å². The van der Waals surface area contributed by atoms with Gasteiger partial charge in [0.05, 0.1) is 33.1 Å². The maximum atomic E-state index is 2.56. The van der Waals surface area contributed by atoms with Crippen LogP contribution in [0, 0.1) is 27.7 Å². The van der Waals surface area contributed by atoms with Gasteiger partial charge in [-0.25, -0.2) is 0 Å². The van der Waals surface area contributed by atoms with E-state index in [9.17, 15) is 0 Å². The standard InChI is InChI=1S/C66H44N2/c1-37-23-25-59-47(27-37)55-29-39(3)31-57-49-33-51-53(35-61(49)67(59)65(55)57)63(45-21-13-11-19-43(45)41-15-7-5-8-16-41)52-34-50-58-32-40(4)30-56-48-28-38(2)24-26-60(48)68(66(56)58)62(50)36-54(52)64(51)46-22-14-12-20-44(46)42-17-9-6-10-18-42/h5-36H,1-4H3. The van der Waals surface area contributed by atoms with Gasteiger partial charge >= 0.3 is 0 Å². The Morgan fingerprint density at radius 2 is 0.559 bits per heavy atom. The fraction of sp³-hybridized carbons (Fsp3) is 0.0606. The van der Waals surface area contributed by atoms with Crippen LogP contribution in [0.15, 0.2) is 194 Å². The normalized spacial score (nSPS) is 12.4. The zero-order valence-corrected chi connectivity index (χ0v) is 38.4. The Bertz CT molecular complexity index is 4330. The molecule has 15 aromatic rings. The molecule has 68 heavy (non-hydrogen) atoms. The highest BCUT2D eigenvalue weighted by molar-refractivity contribution is 6.33. The summed E-state index contributed by atoms with van der Waals surface area (Å²) in [5.41, 5.74) is 22.5. The summed E-state index contributed by atoms with van der Waals surface area (Å²) in [7, 11) is 0. The minimum atomic E-state index is 1.21. The van der Waals surface area contributed by atoms with E-state index in [0.29, 0.717) is 0 Å². The molecular formula is C66H44N2. The summed E-state index contributed by atoms with van der Waals surface area (Å²) in [4.78, 5) is 0. The largest absolute Gasteiger partial charge is 0.308 e.